The number of carbonyl (C=O) groups is 2. The summed E-state index contributed by atoms with van der Waals surface area (Å²) in [4.78, 5) is 25.5. The van der Waals surface area contributed by atoms with E-state index in [1.807, 2.05) is 0 Å². The van der Waals surface area contributed by atoms with Gasteiger partial charge in [-0.1, -0.05) is 12.1 Å². The minimum atomic E-state index is -0.722. The molecule has 2 aromatic rings. The quantitative estimate of drug-likeness (QED) is 0.771. The molecule has 1 N–H and O–H groups in total. The summed E-state index contributed by atoms with van der Waals surface area (Å²) < 4.78 is 15.3. The van der Waals surface area contributed by atoms with E-state index in [-0.39, 0.29) is 18.5 Å². The largest absolute Gasteiger partial charge is 0.466 e. The van der Waals surface area contributed by atoms with Crippen LogP contribution in [0.3, 0.4) is 0 Å². The van der Waals surface area contributed by atoms with Gasteiger partial charge in [-0.15, -0.1) is 12.4 Å². The number of rotatable bonds is 4. The molecule has 28 heavy (non-hydrogen) atoms. The Bertz CT molecular complexity index is 977. The molecular formula is C19H22ClN3O5. The Balaban J connectivity index is 0.00000280. The average molecular weight is 408 g/mol. The molecule has 0 fully saturated rings. The van der Waals surface area contributed by atoms with Crippen molar-refractivity contribution in [2.45, 2.75) is 39.7 Å². The Kier molecular flexibility index (Phi) is 6.45. The maximum Gasteiger partial charge on any atom is 0.337 e. The van der Waals surface area contributed by atoms with Crippen LogP contribution in [-0.2, 0) is 19.1 Å². The van der Waals surface area contributed by atoms with Crippen molar-refractivity contribution in [2.24, 2.45) is 0 Å². The number of nitrogens with one attached hydrogen (secondary N) is 1. The van der Waals surface area contributed by atoms with Crippen LogP contribution in [0.25, 0.3) is 11.0 Å². The van der Waals surface area contributed by atoms with Crippen molar-refractivity contribution in [3.63, 3.8) is 0 Å². The molecule has 1 aromatic heterocycles. The number of aromatic nitrogens is 2. The predicted octanol–water partition coefficient (Wildman–Crippen LogP) is 3.00. The fourth-order valence-electron chi connectivity index (χ4n) is 3.29. The van der Waals surface area contributed by atoms with Gasteiger partial charge in [-0.05, 0) is 49.6 Å². The molecular weight excluding hydrogens is 386 g/mol. The first-order valence-corrected chi connectivity index (χ1v) is 8.54. The van der Waals surface area contributed by atoms with Crippen LogP contribution in [0, 0.1) is 0 Å². The molecule has 1 unspecified atom stereocenters. The number of carbonyl (C=O) groups excluding carboxylic acids is 2. The minimum absolute atomic E-state index is 0. The van der Waals surface area contributed by atoms with Crippen LogP contribution in [-0.4, -0.2) is 35.5 Å². The number of fused-ring (bicyclic) bond motifs is 1. The highest BCUT2D eigenvalue weighted by Crippen LogP contribution is 2.41. The zero-order valence-electron chi connectivity index (χ0n) is 16.2. The Hall–Kier alpha value is -2.87. The maximum atomic E-state index is 12.9. The summed E-state index contributed by atoms with van der Waals surface area (Å²) in [5.41, 5.74) is 3.45. The molecule has 0 radical (unpaired) electrons. The number of hydrogen-bond acceptors (Lipinski definition) is 8. The minimum Gasteiger partial charge on any atom is -0.466 e. The Labute approximate surface area is 168 Å². The second kappa shape index (κ2) is 8.43. The topological polar surface area (TPSA) is 104 Å². The second-order valence-corrected chi connectivity index (χ2v) is 6.56. The summed E-state index contributed by atoms with van der Waals surface area (Å²) in [6.07, 6.45) is -0.309. The van der Waals surface area contributed by atoms with Crippen LogP contribution in [0.4, 0.5) is 0 Å². The lowest BCUT2D eigenvalue weighted by molar-refractivity contribution is -0.143. The van der Waals surface area contributed by atoms with Gasteiger partial charge in [-0.2, -0.15) is 0 Å². The van der Waals surface area contributed by atoms with E-state index in [0.717, 1.165) is 0 Å². The van der Waals surface area contributed by atoms with Crippen LogP contribution in [0.1, 0.15) is 39.2 Å². The van der Waals surface area contributed by atoms with Gasteiger partial charge in [0.05, 0.1) is 30.3 Å². The van der Waals surface area contributed by atoms with Crippen LogP contribution < -0.4 is 5.32 Å². The van der Waals surface area contributed by atoms with Gasteiger partial charge in [-0.25, -0.2) is 14.2 Å². The van der Waals surface area contributed by atoms with Gasteiger partial charge < -0.3 is 14.8 Å². The Morgan fingerprint density at radius 1 is 1.11 bits per heavy atom. The van der Waals surface area contributed by atoms with Gasteiger partial charge in [0, 0.05) is 11.4 Å². The number of esters is 2. The molecule has 1 aliphatic rings. The first-order valence-electron chi connectivity index (χ1n) is 8.54. The predicted molar refractivity (Wildman–Crippen MR) is 104 cm³/mol. The lowest BCUT2D eigenvalue weighted by Gasteiger charge is -2.30. The van der Waals surface area contributed by atoms with E-state index in [1.165, 1.54) is 7.11 Å². The molecule has 0 spiro atoms. The van der Waals surface area contributed by atoms with Gasteiger partial charge in [0.1, 0.15) is 11.0 Å². The monoisotopic (exact) mass is 407 g/mol. The number of ether oxygens (including phenoxy) is 2. The highest BCUT2D eigenvalue weighted by molar-refractivity contribution is 6.01. The van der Waals surface area contributed by atoms with Crippen molar-refractivity contribution in [3.05, 3.63) is 46.3 Å². The number of hydrogen-bond donors (Lipinski definition) is 1. The molecule has 0 aliphatic carbocycles. The number of benzene rings is 1. The van der Waals surface area contributed by atoms with Crippen molar-refractivity contribution in [1.82, 2.24) is 15.6 Å². The molecule has 9 heteroatoms. The number of dihydropyridines is 1. The van der Waals surface area contributed by atoms with Crippen LogP contribution in [0.2, 0.25) is 0 Å². The molecule has 8 nitrogen and oxygen atoms in total. The van der Waals surface area contributed by atoms with Crippen LogP contribution in [0.15, 0.2) is 45.4 Å². The fourth-order valence-corrected chi connectivity index (χ4v) is 3.29. The molecule has 3 rings (SSSR count). The molecule has 150 valence electrons. The third-order valence-corrected chi connectivity index (χ3v) is 4.36. The SMILES string of the molecule is COC(=O)C1=C(C)NC(C)=C(C(=O)OC(C)C)C1c1cccc2nonc12.Cl. The average Bonchev–Trinajstić information content (AvgIpc) is 3.08. The summed E-state index contributed by atoms with van der Waals surface area (Å²) in [7, 11) is 1.30. The van der Waals surface area contributed by atoms with Gasteiger partial charge >= 0.3 is 11.9 Å². The smallest absolute Gasteiger partial charge is 0.337 e. The van der Waals surface area contributed by atoms with E-state index in [1.54, 1.807) is 45.9 Å². The summed E-state index contributed by atoms with van der Waals surface area (Å²) in [6, 6.07) is 5.30. The standard InChI is InChI=1S/C19H21N3O5.ClH/c1-9(2)26-19(24)15-11(4)20-10(3)14(18(23)25-5)16(15)12-7-6-8-13-17(12)22-27-21-13;/h6-9,16,20H,1-5H3;1H. The number of nitrogens with zero attached hydrogens (tertiary/aromatic N) is 2. The molecule has 1 aromatic carbocycles. The molecule has 0 saturated heterocycles. The van der Waals surface area contributed by atoms with Crippen molar-refractivity contribution < 1.29 is 23.7 Å². The van der Waals surface area contributed by atoms with Gasteiger partial charge in [-0.3, -0.25) is 0 Å². The van der Waals surface area contributed by atoms with Crippen molar-refractivity contribution in [1.29, 1.82) is 0 Å². The highest BCUT2D eigenvalue weighted by atomic mass is 35.5. The van der Waals surface area contributed by atoms with Gasteiger partial charge in [0.15, 0.2) is 0 Å². The van der Waals surface area contributed by atoms with Crippen molar-refractivity contribution in [3.8, 4) is 0 Å². The first-order chi connectivity index (χ1) is 12.8. The lowest BCUT2D eigenvalue weighted by Crippen LogP contribution is -2.33. The lowest BCUT2D eigenvalue weighted by atomic mass is 9.80. The van der Waals surface area contributed by atoms with E-state index in [2.05, 4.69) is 15.6 Å². The van der Waals surface area contributed by atoms with Crippen molar-refractivity contribution >= 4 is 35.4 Å². The Morgan fingerprint density at radius 2 is 1.75 bits per heavy atom. The van der Waals surface area contributed by atoms with E-state index in [9.17, 15) is 9.59 Å². The van der Waals surface area contributed by atoms with Crippen LogP contribution in [0.5, 0.6) is 0 Å². The summed E-state index contributed by atoms with van der Waals surface area (Å²) in [6.45, 7) is 7.06. The van der Waals surface area contributed by atoms with Crippen molar-refractivity contribution in [2.75, 3.05) is 7.11 Å². The highest BCUT2D eigenvalue weighted by Gasteiger charge is 2.39. The maximum absolute atomic E-state index is 12.9. The Morgan fingerprint density at radius 3 is 2.36 bits per heavy atom. The molecule has 0 saturated carbocycles. The number of allylic oxidation sites excluding steroid dienone is 2. The van der Waals surface area contributed by atoms with Gasteiger partial charge in [0.2, 0.25) is 0 Å². The van der Waals surface area contributed by atoms with E-state index >= 15 is 0 Å². The summed E-state index contributed by atoms with van der Waals surface area (Å²) in [5.74, 6) is -1.77. The first kappa shape index (κ1) is 21.4. The second-order valence-electron chi connectivity index (χ2n) is 6.56. The molecule has 1 atom stereocenters. The molecule has 2 heterocycles. The molecule has 0 bridgehead atoms. The fraction of sp³-hybridized carbons (Fsp3) is 0.368. The zero-order valence-corrected chi connectivity index (χ0v) is 17.0. The number of halogens is 1. The van der Waals surface area contributed by atoms with E-state index in [4.69, 9.17) is 14.1 Å². The third kappa shape index (κ3) is 3.73. The summed E-state index contributed by atoms with van der Waals surface area (Å²) >= 11 is 0. The normalized spacial score (nSPS) is 16.7. The summed E-state index contributed by atoms with van der Waals surface area (Å²) in [5, 5.41) is 10.9. The van der Waals surface area contributed by atoms with Crippen LogP contribution >= 0.6 is 12.4 Å². The van der Waals surface area contributed by atoms with Gasteiger partial charge in [0.25, 0.3) is 0 Å². The number of methoxy groups -OCH3 is 1. The third-order valence-electron chi connectivity index (χ3n) is 4.36. The van der Waals surface area contributed by atoms with E-state index < -0.39 is 17.9 Å². The van der Waals surface area contributed by atoms with E-state index in [0.29, 0.717) is 39.1 Å². The zero-order chi connectivity index (χ0) is 19.7. The molecule has 0 amide bonds. The molecule has 1 aliphatic heterocycles.